The lowest BCUT2D eigenvalue weighted by Crippen LogP contribution is -2.54. The Morgan fingerprint density at radius 3 is 2.53 bits per heavy atom. The molecule has 3 aliphatic rings. The first-order valence-corrected chi connectivity index (χ1v) is 11.6. The number of ether oxygens (including phenoxy) is 1. The van der Waals surface area contributed by atoms with Crippen LogP contribution in [0.2, 0.25) is 0 Å². The van der Waals surface area contributed by atoms with Crippen molar-refractivity contribution in [3.8, 4) is 23.0 Å². The summed E-state index contributed by atoms with van der Waals surface area (Å²) in [5.74, 6) is 0.665. The molecular weight excluding hydrogens is 406 g/mol. The van der Waals surface area contributed by atoms with E-state index in [1.165, 1.54) is 11.1 Å². The Kier molecular flexibility index (Phi) is 5.65. The van der Waals surface area contributed by atoms with Crippen LogP contribution in [0.3, 0.4) is 0 Å². The fourth-order valence-electron chi connectivity index (χ4n) is 5.89. The van der Waals surface area contributed by atoms with Gasteiger partial charge < -0.3 is 25.4 Å². The number of aromatic hydroxyl groups is 3. The normalized spacial score (nSPS) is 25.6. The maximum absolute atomic E-state index is 10.4. The fraction of sp³-hybridized carbons (Fsp3) is 0.520. The Morgan fingerprint density at radius 1 is 1.00 bits per heavy atom. The van der Waals surface area contributed by atoms with E-state index in [1.54, 1.807) is 19.2 Å². The third-order valence-corrected chi connectivity index (χ3v) is 7.59. The quantitative estimate of drug-likeness (QED) is 0.545. The van der Waals surface area contributed by atoms with Crippen LogP contribution in [-0.2, 0) is 12.8 Å². The van der Waals surface area contributed by atoms with Crippen molar-refractivity contribution in [2.75, 3.05) is 33.4 Å². The SMILES string of the molecule is CCN1CN2CCc3cc(OC)c(O)cc3[C@@H]2C[C@@H]1C[C@H]1NCCc2cc(O)c(O)cc21. The summed E-state index contributed by atoms with van der Waals surface area (Å²) in [4.78, 5) is 5.07. The van der Waals surface area contributed by atoms with Crippen LogP contribution in [-0.4, -0.2) is 64.6 Å². The largest absolute Gasteiger partial charge is 0.504 e. The molecule has 0 aliphatic carbocycles. The van der Waals surface area contributed by atoms with Gasteiger partial charge in [-0.25, -0.2) is 0 Å². The lowest BCUT2D eigenvalue weighted by molar-refractivity contribution is -0.0112. The van der Waals surface area contributed by atoms with E-state index in [1.807, 2.05) is 12.1 Å². The van der Waals surface area contributed by atoms with Gasteiger partial charge >= 0.3 is 0 Å². The minimum absolute atomic E-state index is 0.0399. The minimum Gasteiger partial charge on any atom is -0.504 e. The highest BCUT2D eigenvalue weighted by Gasteiger charge is 2.39. The smallest absolute Gasteiger partial charge is 0.160 e. The number of nitrogens with one attached hydrogen (secondary N) is 1. The van der Waals surface area contributed by atoms with Gasteiger partial charge in [-0.3, -0.25) is 9.80 Å². The predicted octanol–water partition coefficient (Wildman–Crippen LogP) is 3.04. The molecule has 0 radical (unpaired) electrons. The van der Waals surface area contributed by atoms with Crippen molar-refractivity contribution >= 4 is 0 Å². The van der Waals surface area contributed by atoms with Gasteiger partial charge in [0.1, 0.15) is 0 Å². The second-order valence-electron chi connectivity index (χ2n) is 9.27. The molecule has 3 atom stereocenters. The van der Waals surface area contributed by atoms with Gasteiger partial charge in [0.25, 0.3) is 0 Å². The fourth-order valence-corrected chi connectivity index (χ4v) is 5.89. The molecule has 4 N–H and O–H groups in total. The number of methoxy groups -OCH3 is 1. The third kappa shape index (κ3) is 3.68. The van der Waals surface area contributed by atoms with E-state index in [4.69, 9.17) is 4.74 Å². The van der Waals surface area contributed by atoms with Crippen molar-refractivity contribution in [1.29, 1.82) is 0 Å². The van der Waals surface area contributed by atoms with E-state index in [0.29, 0.717) is 11.8 Å². The van der Waals surface area contributed by atoms with Crippen LogP contribution in [0.1, 0.15) is 54.1 Å². The molecule has 2 aromatic rings. The first kappa shape index (κ1) is 21.4. The van der Waals surface area contributed by atoms with Gasteiger partial charge in [0, 0.05) is 24.7 Å². The molecule has 7 heteroatoms. The maximum Gasteiger partial charge on any atom is 0.160 e. The lowest BCUT2D eigenvalue weighted by Gasteiger charge is -2.49. The van der Waals surface area contributed by atoms with Crippen LogP contribution in [0.5, 0.6) is 23.0 Å². The molecule has 172 valence electrons. The number of hydrogen-bond acceptors (Lipinski definition) is 7. The number of rotatable bonds is 4. The first-order valence-electron chi connectivity index (χ1n) is 11.6. The van der Waals surface area contributed by atoms with Gasteiger partial charge in [-0.05, 0) is 85.3 Å². The summed E-state index contributed by atoms with van der Waals surface area (Å²) >= 11 is 0. The molecule has 0 amide bonds. The zero-order valence-corrected chi connectivity index (χ0v) is 18.8. The van der Waals surface area contributed by atoms with Crippen LogP contribution in [0.4, 0.5) is 0 Å². The Hall–Kier alpha value is -2.48. The van der Waals surface area contributed by atoms with E-state index in [-0.39, 0.29) is 29.3 Å². The van der Waals surface area contributed by atoms with Gasteiger partial charge in [0.15, 0.2) is 23.0 Å². The highest BCUT2D eigenvalue weighted by Crippen LogP contribution is 2.44. The molecule has 3 aliphatic heterocycles. The Morgan fingerprint density at radius 2 is 1.75 bits per heavy atom. The third-order valence-electron chi connectivity index (χ3n) is 7.59. The maximum atomic E-state index is 10.4. The van der Waals surface area contributed by atoms with Crippen molar-refractivity contribution in [2.45, 2.75) is 50.7 Å². The van der Waals surface area contributed by atoms with Crippen molar-refractivity contribution in [3.63, 3.8) is 0 Å². The summed E-state index contributed by atoms with van der Waals surface area (Å²) in [7, 11) is 1.60. The zero-order valence-electron chi connectivity index (χ0n) is 18.8. The Balaban J connectivity index is 1.42. The monoisotopic (exact) mass is 439 g/mol. The van der Waals surface area contributed by atoms with E-state index < -0.39 is 0 Å². The summed E-state index contributed by atoms with van der Waals surface area (Å²) in [6, 6.07) is 8.13. The molecule has 5 rings (SSSR count). The Bertz CT molecular complexity index is 1010. The summed E-state index contributed by atoms with van der Waals surface area (Å²) in [6.45, 7) is 5.99. The average Bonchev–Trinajstić information content (AvgIpc) is 2.79. The second-order valence-corrected chi connectivity index (χ2v) is 9.27. The molecule has 0 unspecified atom stereocenters. The molecule has 3 heterocycles. The van der Waals surface area contributed by atoms with Gasteiger partial charge in [-0.1, -0.05) is 6.92 Å². The molecule has 1 saturated heterocycles. The predicted molar refractivity (Wildman–Crippen MR) is 122 cm³/mol. The van der Waals surface area contributed by atoms with E-state index in [2.05, 4.69) is 22.0 Å². The van der Waals surface area contributed by atoms with Gasteiger partial charge in [-0.15, -0.1) is 0 Å². The lowest BCUT2D eigenvalue weighted by atomic mass is 9.83. The van der Waals surface area contributed by atoms with Gasteiger partial charge in [0.05, 0.1) is 13.8 Å². The van der Waals surface area contributed by atoms with E-state index >= 15 is 0 Å². The number of phenolic OH excluding ortho intramolecular Hbond substituents is 3. The number of phenols is 3. The molecule has 0 bridgehead atoms. The highest BCUT2D eigenvalue weighted by molar-refractivity contribution is 5.49. The summed E-state index contributed by atoms with van der Waals surface area (Å²) in [5.41, 5.74) is 4.70. The second kappa shape index (κ2) is 8.46. The van der Waals surface area contributed by atoms with Gasteiger partial charge in [-0.2, -0.15) is 0 Å². The molecule has 7 nitrogen and oxygen atoms in total. The standard InChI is InChI=1S/C25H33N3O4/c1-3-27-14-28-7-5-16-9-25(32-2)24(31)13-19(16)21(28)11-17(27)10-20-18-12-23(30)22(29)8-15(18)4-6-26-20/h8-9,12-13,17,20-21,26,29-31H,3-7,10-11,14H2,1-2H3/t17-,20+,21-/m0/s1. The average molecular weight is 440 g/mol. The summed E-state index contributed by atoms with van der Waals surface area (Å²) < 4.78 is 5.34. The minimum atomic E-state index is -0.0507. The molecule has 32 heavy (non-hydrogen) atoms. The topological polar surface area (TPSA) is 88.4 Å². The van der Waals surface area contributed by atoms with E-state index in [0.717, 1.165) is 63.1 Å². The molecule has 2 aromatic carbocycles. The summed E-state index contributed by atoms with van der Waals surface area (Å²) in [5, 5.41) is 34.1. The van der Waals surface area contributed by atoms with Crippen molar-refractivity contribution < 1.29 is 20.1 Å². The van der Waals surface area contributed by atoms with Crippen LogP contribution in [0, 0.1) is 0 Å². The number of benzene rings is 2. The van der Waals surface area contributed by atoms with Crippen LogP contribution < -0.4 is 10.1 Å². The molecule has 0 saturated carbocycles. The number of fused-ring (bicyclic) bond motifs is 4. The van der Waals surface area contributed by atoms with E-state index in [9.17, 15) is 15.3 Å². The van der Waals surface area contributed by atoms with Crippen LogP contribution in [0.15, 0.2) is 24.3 Å². The van der Waals surface area contributed by atoms with Crippen molar-refractivity contribution in [1.82, 2.24) is 15.1 Å². The van der Waals surface area contributed by atoms with Crippen LogP contribution >= 0.6 is 0 Å². The molecular formula is C25H33N3O4. The highest BCUT2D eigenvalue weighted by atomic mass is 16.5. The van der Waals surface area contributed by atoms with Crippen molar-refractivity contribution in [2.24, 2.45) is 0 Å². The molecule has 0 aromatic heterocycles. The van der Waals surface area contributed by atoms with Crippen LogP contribution in [0.25, 0.3) is 0 Å². The number of nitrogens with zero attached hydrogens (tertiary/aromatic N) is 2. The Labute approximate surface area is 189 Å². The molecule has 1 fully saturated rings. The molecule has 0 spiro atoms. The van der Waals surface area contributed by atoms with Crippen molar-refractivity contribution in [3.05, 3.63) is 46.5 Å². The zero-order chi connectivity index (χ0) is 22.4. The summed E-state index contributed by atoms with van der Waals surface area (Å²) in [6.07, 6.45) is 3.74. The van der Waals surface area contributed by atoms with Gasteiger partial charge in [0.2, 0.25) is 0 Å². The number of hydrogen-bond donors (Lipinski definition) is 4. The first-order chi connectivity index (χ1) is 15.5.